The molecule has 3 rings (SSSR count). The van der Waals surface area contributed by atoms with Gasteiger partial charge < -0.3 is 15.7 Å². The monoisotopic (exact) mass is 537 g/mol. The first-order valence-corrected chi connectivity index (χ1v) is 10.7. The van der Waals surface area contributed by atoms with E-state index in [4.69, 9.17) is 16.4 Å². The summed E-state index contributed by atoms with van der Waals surface area (Å²) in [6.45, 7) is -1.23. The maximum atomic E-state index is 15.6. The van der Waals surface area contributed by atoms with Crippen molar-refractivity contribution in [1.82, 2.24) is 9.99 Å². The summed E-state index contributed by atoms with van der Waals surface area (Å²) < 4.78 is 89.7. The molecule has 0 fully saturated rings. The highest BCUT2D eigenvalue weighted by Crippen LogP contribution is 2.45. The Bertz CT molecular complexity index is 1330. The Labute approximate surface area is 213 Å². The van der Waals surface area contributed by atoms with E-state index in [1.54, 1.807) is 0 Å². The number of hydrazine groups is 1. The van der Waals surface area contributed by atoms with Gasteiger partial charge in [-0.1, -0.05) is 11.8 Å². The molecule has 0 aliphatic rings. The van der Waals surface area contributed by atoms with Gasteiger partial charge in [0.15, 0.2) is 5.60 Å². The Morgan fingerprint density at radius 3 is 2.39 bits per heavy atom. The lowest BCUT2D eigenvalue weighted by molar-refractivity contribution is -0.203. The van der Waals surface area contributed by atoms with E-state index in [9.17, 15) is 22.7 Å². The van der Waals surface area contributed by atoms with Gasteiger partial charge in [0.25, 0.3) is 6.43 Å². The van der Waals surface area contributed by atoms with Gasteiger partial charge in [0.05, 0.1) is 6.54 Å². The number of benzene rings is 2. The van der Waals surface area contributed by atoms with Crippen molar-refractivity contribution in [2.45, 2.75) is 17.9 Å². The summed E-state index contributed by atoms with van der Waals surface area (Å²) in [5.74, 6) is 9.35. The van der Waals surface area contributed by atoms with Gasteiger partial charge in [-0.3, -0.25) is 9.99 Å². The van der Waals surface area contributed by atoms with Gasteiger partial charge >= 0.3 is 5.92 Å². The molecule has 0 bridgehead atoms. The van der Waals surface area contributed by atoms with E-state index in [1.807, 2.05) is 0 Å². The van der Waals surface area contributed by atoms with E-state index in [2.05, 4.69) is 21.9 Å². The third-order valence-corrected chi connectivity index (χ3v) is 5.28. The van der Waals surface area contributed by atoms with Crippen molar-refractivity contribution in [3.63, 3.8) is 0 Å². The number of aromatic nitrogens is 1. The quantitative estimate of drug-likeness (QED) is 0.0958. The predicted octanol–water partition coefficient (Wildman–Crippen LogP) is 3.79. The predicted molar refractivity (Wildman–Crippen MR) is 126 cm³/mol. The molecule has 0 saturated heterocycles. The second kappa shape index (κ2) is 11.8. The van der Waals surface area contributed by atoms with Crippen molar-refractivity contribution in [3.8, 4) is 17.6 Å². The second-order valence-electron chi connectivity index (χ2n) is 7.89. The second-order valence-corrected chi connectivity index (χ2v) is 7.89. The van der Waals surface area contributed by atoms with E-state index in [0.717, 1.165) is 18.6 Å². The van der Waals surface area contributed by atoms with Crippen molar-refractivity contribution in [1.29, 1.82) is 0 Å². The average Bonchev–Trinajstić information content (AvgIpc) is 2.87. The third-order valence-electron chi connectivity index (χ3n) is 5.28. The molecule has 200 valence electrons. The van der Waals surface area contributed by atoms with E-state index >= 15 is 8.78 Å². The Hall–Kier alpha value is -4.28. The number of hydrogen-bond donors (Lipinski definition) is 3. The highest BCUT2D eigenvalue weighted by atomic mass is 19.3. The fourth-order valence-electron chi connectivity index (χ4n) is 3.40. The fraction of sp³-hybridized carbons (Fsp3) is 0.200. The number of nitrogens with zero attached hydrogens (tertiary/aromatic N) is 3. The largest absolute Gasteiger partial charge is 0.481 e. The van der Waals surface area contributed by atoms with Crippen molar-refractivity contribution in [2.75, 3.05) is 13.2 Å². The van der Waals surface area contributed by atoms with E-state index in [-0.39, 0.29) is 17.7 Å². The summed E-state index contributed by atoms with van der Waals surface area (Å²) in [5.41, 5.74) is -5.17. The molecule has 2 aromatic carbocycles. The lowest BCUT2D eigenvalue weighted by Crippen LogP contribution is -2.53. The van der Waals surface area contributed by atoms with Crippen molar-refractivity contribution in [3.05, 3.63) is 94.8 Å². The van der Waals surface area contributed by atoms with Gasteiger partial charge in [-0.15, -0.1) is 0 Å². The lowest BCUT2D eigenvalue weighted by Gasteiger charge is -2.37. The number of pyridine rings is 1. The minimum absolute atomic E-state index is 0.134. The summed E-state index contributed by atoms with van der Waals surface area (Å²) in [6, 6.07) is 8.91. The molecule has 1 aromatic heterocycles. The maximum absolute atomic E-state index is 15.6. The van der Waals surface area contributed by atoms with Crippen molar-refractivity contribution >= 4 is 6.34 Å². The number of nitrogens with two attached hydrogens (primary N) is 2. The highest BCUT2D eigenvalue weighted by molar-refractivity contribution is 5.53. The van der Waals surface area contributed by atoms with Crippen molar-refractivity contribution < 1.29 is 36.2 Å². The molecular weight excluding hydrogens is 516 g/mol. The summed E-state index contributed by atoms with van der Waals surface area (Å²) in [6.07, 6.45) is -0.882. The average molecular weight is 537 g/mol. The number of halogens is 6. The Morgan fingerprint density at radius 1 is 1.11 bits per heavy atom. The van der Waals surface area contributed by atoms with Crippen LogP contribution in [0.15, 0.2) is 65.9 Å². The summed E-state index contributed by atoms with van der Waals surface area (Å²) >= 11 is 0. The molecule has 0 spiro atoms. The first-order chi connectivity index (χ1) is 18.0. The molecule has 38 heavy (non-hydrogen) atoms. The van der Waals surface area contributed by atoms with E-state index < -0.39 is 47.4 Å². The molecule has 0 aliphatic heterocycles. The molecule has 5 N–H and O–H groups in total. The molecule has 0 amide bonds. The highest BCUT2D eigenvalue weighted by Gasteiger charge is 2.58. The Kier molecular flexibility index (Phi) is 8.82. The van der Waals surface area contributed by atoms with E-state index in [1.165, 1.54) is 30.3 Å². The molecule has 0 radical (unpaired) electrons. The van der Waals surface area contributed by atoms with Crippen LogP contribution < -0.4 is 16.4 Å². The first kappa shape index (κ1) is 28.3. The molecule has 1 heterocycles. The number of alkyl halides is 4. The van der Waals surface area contributed by atoms with Gasteiger partial charge in [-0.25, -0.2) is 23.4 Å². The standard InChI is InChI=1S/C25H21F6N5O2/c26-18-6-9-20(21(27)12-18)24(37,14-36(33)15-35-32)25(30,31)22-10-3-16(13-34-22)2-1-11-38-19-7-4-17(5-8-19)23(28)29/h3-10,12-13,15,23,37H,11,14,32-33H2/b35-15-. The van der Waals surface area contributed by atoms with Gasteiger partial charge in [0.1, 0.15) is 36.0 Å². The first-order valence-electron chi connectivity index (χ1n) is 10.7. The summed E-state index contributed by atoms with van der Waals surface area (Å²) in [5, 5.41) is 14.7. The van der Waals surface area contributed by atoms with Crippen LogP contribution >= 0.6 is 0 Å². The topological polar surface area (TPSA) is 110 Å². The zero-order valence-corrected chi connectivity index (χ0v) is 19.5. The van der Waals surface area contributed by atoms with Crippen LogP contribution in [0.25, 0.3) is 0 Å². The molecular formula is C25H21F6N5O2. The van der Waals surface area contributed by atoms with Gasteiger partial charge in [-0.05, 0) is 48.5 Å². The van der Waals surface area contributed by atoms with Crippen LogP contribution in [0.1, 0.15) is 28.8 Å². The van der Waals surface area contributed by atoms with Crippen LogP contribution in [-0.2, 0) is 11.5 Å². The normalized spacial score (nSPS) is 13.2. The third kappa shape index (κ3) is 6.34. The lowest BCUT2D eigenvalue weighted by atomic mass is 9.84. The molecule has 13 heteroatoms. The van der Waals surface area contributed by atoms with Crippen LogP contribution in [0.2, 0.25) is 0 Å². The van der Waals surface area contributed by atoms with E-state index in [0.29, 0.717) is 29.0 Å². The number of aliphatic hydroxyl groups is 1. The SMILES string of the molecule is N/N=C\N(N)CC(O)(c1ccc(F)cc1F)C(F)(F)c1ccc(C#CCOc2ccc(C(F)F)cc2)cn1. The summed E-state index contributed by atoms with van der Waals surface area (Å²) in [7, 11) is 0. The molecule has 7 nitrogen and oxygen atoms in total. The maximum Gasteiger partial charge on any atom is 0.323 e. The van der Waals surface area contributed by atoms with Crippen LogP contribution in [0.5, 0.6) is 5.75 Å². The molecule has 0 saturated carbocycles. The minimum atomic E-state index is -4.24. The number of ether oxygens (including phenoxy) is 1. The van der Waals surface area contributed by atoms with Crippen LogP contribution in [0.4, 0.5) is 26.3 Å². The number of hydrogen-bond acceptors (Lipinski definition) is 6. The number of rotatable bonds is 9. The molecule has 1 atom stereocenters. The van der Waals surface area contributed by atoms with Crippen molar-refractivity contribution in [2.24, 2.45) is 16.8 Å². The van der Waals surface area contributed by atoms with Crippen LogP contribution in [0, 0.1) is 23.5 Å². The van der Waals surface area contributed by atoms with Gasteiger partial charge in [0, 0.05) is 29.0 Å². The van der Waals surface area contributed by atoms with Gasteiger partial charge in [0.2, 0.25) is 0 Å². The molecule has 1 unspecified atom stereocenters. The van der Waals surface area contributed by atoms with Crippen LogP contribution in [-0.4, -0.2) is 34.6 Å². The molecule has 0 aliphatic carbocycles. The zero-order chi connectivity index (χ0) is 27.9. The van der Waals surface area contributed by atoms with Crippen LogP contribution in [0.3, 0.4) is 0 Å². The van der Waals surface area contributed by atoms with Gasteiger partial charge in [-0.2, -0.15) is 13.9 Å². The minimum Gasteiger partial charge on any atom is -0.481 e. The zero-order valence-electron chi connectivity index (χ0n) is 19.5. The fourth-order valence-corrected chi connectivity index (χ4v) is 3.40. The smallest absolute Gasteiger partial charge is 0.323 e. The molecule has 3 aromatic rings. The number of hydrazone groups is 1. The Morgan fingerprint density at radius 2 is 1.82 bits per heavy atom. The summed E-state index contributed by atoms with van der Waals surface area (Å²) in [4.78, 5) is 3.67. The Balaban J connectivity index is 1.81.